The molecule has 1 aliphatic heterocycles. The molecule has 0 N–H and O–H groups in total. The van der Waals surface area contributed by atoms with E-state index in [1.807, 2.05) is 0 Å². The molecule has 0 bridgehead atoms. The van der Waals surface area contributed by atoms with E-state index in [9.17, 15) is 12.8 Å². The summed E-state index contributed by atoms with van der Waals surface area (Å²) in [7, 11) is 1.13. The van der Waals surface area contributed by atoms with E-state index in [-0.39, 0.29) is 5.56 Å². The van der Waals surface area contributed by atoms with Gasteiger partial charge in [-0.15, -0.1) is 0 Å². The minimum atomic E-state index is -3.87. The highest BCUT2D eigenvalue weighted by Crippen LogP contribution is 2.34. The molecule has 94 valence electrons. The van der Waals surface area contributed by atoms with Gasteiger partial charge in [0.25, 0.3) is 0 Å². The van der Waals surface area contributed by atoms with Gasteiger partial charge >= 0.3 is 0 Å². The van der Waals surface area contributed by atoms with E-state index in [0.717, 1.165) is 0 Å². The molecule has 0 fully saturated rings. The molecule has 17 heavy (non-hydrogen) atoms. The van der Waals surface area contributed by atoms with Crippen LogP contribution in [0.25, 0.3) is 0 Å². The molecule has 1 aromatic carbocycles. The van der Waals surface area contributed by atoms with E-state index in [2.05, 4.69) is 0 Å². The molecular weight excluding hydrogens is 271 g/mol. The predicted octanol–water partition coefficient (Wildman–Crippen LogP) is 2.04. The third kappa shape index (κ3) is 3.23. The van der Waals surface area contributed by atoms with E-state index in [4.69, 9.17) is 20.2 Å². The van der Waals surface area contributed by atoms with Gasteiger partial charge in [0, 0.05) is 10.7 Å². The van der Waals surface area contributed by atoms with Crippen molar-refractivity contribution in [1.29, 1.82) is 0 Å². The molecule has 0 aliphatic carbocycles. The van der Waals surface area contributed by atoms with Crippen LogP contribution in [-0.4, -0.2) is 27.4 Å². The molecule has 1 aromatic rings. The summed E-state index contributed by atoms with van der Waals surface area (Å²) in [6.45, 7) is 0.836. The van der Waals surface area contributed by atoms with Gasteiger partial charge in [0.05, 0.1) is 0 Å². The number of hydrogen-bond acceptors (Lipinski definition) is 4. The van der Waals surface area contributed by atoms with Gasteiger partial charge in [-0.2, -0.15) is 0 Å². The first kappa shape index (κ1) is 12.4. The largest absolute Gasteiger partial charge is 0.486 e. The lowest BCUT2D eigenvalue weighted by molar-refractivity contribution is 0.171. The van der Waals surface area contributed by atoms with Gasteiger partial charge in [-0.05, 0) is 17.7 Å². The van der Waals surface area contributed by atoms with Gasteiger partial charge in [0.2, 0.25) is 9.05 Å². The van der Waals surface area contributed by atoms with Gasteiger partial charge in [-0.1, -0.05) is 6.07 Å². The summed E-state index contributed by atoms with van der Waals surface area (Å²) >= 11 is 0. The second-order valence-corrected chi connectivity index (χ2v) is 6.40. The fraction of sp³-hybridized carbons (Fsp3) is 0.400. The smallest absolute Gasteiger partial charge is 0.235 e. The molecule has 1 heterocycles. The summed E-state index contributed by atoms with van der Waals surface area (Å²) in [6.07, 6.45) is -1.67. The van der Waals surface area contributed by atoms with Crippen LogP contribution in [0.2, 0.25) is 0 Å². The fourth-order valence-corrected chi connectivity index (χ4v) is 2.40. The van der Waals surface area contributed by atoms with Crippen molar-refractivity contribution in [2.45, 2.75) is 6.17 Å². The third-order valence-corrected chi connectivity index (χ3v) is 3.34. The maximum atomic E-state index is 13.6. The van der Waals surface area contributed by atoms with Crippen LogP contribution in [0, 0.1) is 0 Å². The van der Waals surface area contributed by atoms with E-state index < -0.39 is 21.0 Å². The average molecular weight is 281 g/mol. The topological polar surface area (TPSA) is 52.6 Å². The van der Waals surface area contributed by atoms with E-state index in [1.165, 1.54) is 12.1 Å². The Morgan fingerprint density at radius 3 is 2.59 bits per heavy atom. The zero-order valence-corrected chi connectivity index (χ0v) is 10.3. The summed E-state index contributed by atoms with van der Waals surface area (Å²) in [5.74, 6) is 0.193. The summed E-state index contributed by atoms with van der Waals surface area (Å²) < 4.78 is 45.7. The van der Waals surface area contributed by atoms with Crippen LogP contribution >= 0.6 is 10.7 Å². The first-order valence-corrected chi connectivity index (χ1v) is 7.39. The molecule has 1 unspecified atom stereocenters. The highest BCUT2D eigenvalue weighted by atomic mass is 35.7. The standard InChI is InChI=1S/C10H10ClFO4S/c11-17(13,14)6-8(12)7-1-2-9-10(5-7)16-4-3-15-9/h1-2,5,8H,3-4,6H2. The molecule has 7 heteroatoms. The quantitative estimate of drug-likeness (QED) is 0.795. The van der Waals surface area contributed by atoms with Crippen LogP contribution in [0.4, 0.5) is 4.39 Å². The third-order valence-electron chi connectivity index (χ3n) is 2.27. The highest BCUT2D eigenvalue weighted by molar-refractivity contribution is 8.13. The van der Waals surface area contributed by atoms with Gasteiger partial charge in [0.15, 0.2) is 11.5 Å². The zero-order chi connectivity index (χ0) is 12.5. The molecule has 4 nitrogen and oxygen atoms in total. The van der Waals surface area contributed by atoms with Gasteiger partial charge in [-0.3, -0.25) is 0 Å². The minimum absolute atomic E-state index is 0.207. The van der Waals surface area contributed by atoms with Crippen molar-refractivity contribution < 1.29 is 22.3 Å². The number of halogens is 2. The normalized spacial score (nSPS) is 16.6. The Morgan fingerprint density at radius 2 is 1.94 bits per heavy atom. The van der Waals surface area contributed by atoms with E-state index in [0.29, 0.717) is 24.7 Å². The van der Waals surface area contributed by atoms with Crippen LogP contribution < -0.4 is 9.47 Å². The van der Waals surface area contributed by atoms with Crippen LogP contribution in [-0.2, 0) is 9.05 Å². The van der Waals surface area contributed by atoms with E-state index in [1.54, 1.807) is 6.07 Å². The number of fused-ring (bicyclic) bond motifs is 1. The molecule has 0 spiro atoms. The monoisotopic (exact) mass is 280 g/mol. The van der Waals surface area contributed by atoms with Gasteiger partial charge < -0.3 is 9.47 Å². The predicted molar refractivity (Wildman–Crippen MR) is 60.9 cm³/mol. The van der Waals surface area contributed by atoms with Crippen molar-refractivity contribution >= 4 is 19.7 Å². The highest BCUT2D eigenvalue weighted by Gasteiger charge is 2.21. The SMILES string of the molecule is O=S(=O)(Cl)CC(F)c1ccc2c(c1)OCCO2. The molecule has 0 saturated carbocycles. The Balaban J connectivity index is 2.22. The summed E-state index contributed by atoms with van der Waals surface area (Å²) in [6, 6.07) is 4.44. The Labute approximate surface area is 103 Å². The Kier molecular flexibility index (Phi) is 3.44. The van der Waals surface area contributed by atoms with E-state index >= 15 is 0 Å². The molecule has 1 aliphatic rings. The number of hydrogen-bond donors (Lipinski definition) is 0. The van der Waals surface area contributed by atoms with Gasteiger partial charge in [-0.25, -0.2) is 12.8 Å². The van der Waals surface area contributed by atoms with Crippen molar-refractivity contribution in [2.75, 3.05) is 19.0 Å². The first-order valence-electron chi connectivity index (χ1n) is 4.92. The molecule has 1 atom stereocenters. The lowest BCUT2D eigenvalue weighted by atomic mass is 10.1. The van der Waals surface area contributed by atoms with Crippen molar-refractivity contribution in [3.63, 3.8) is 0 Å². The Hall–Kier alpha value is -1.01. The summed E-state index contributed by atoms with van der Waals surface area (Å²) in [5, 5.41) is 0. The zero-order valence-electron chi connectivity index (χ0n) is 8.73. The lowest BCUT2D eigenvalue weighted by Gasteiger charge is -2.19. The average Bonchev–Trinajstić information content (AvgIpc) is 2.26. The van der Waals surface area contributed by atoms with Crippen molar-refractivity contribution in [1.82, 2.24) is 0 Å². The van der Waals surface area contributed by atoms with Crippen LogP contribution in [0.1, 0.15) is 11.7 Å². The Morgan fingerprint density at radius 1 is 1.29 bits per heavy atom. The number of benzene rings is 1. The molecular formula is C10H10ClFO4S. The van der Waals surface area contributed by atoms with Crippen LogP contribution in [0.15, 0.2) is 18.2 Å². The summed E-state index contributed by atoms with van der Waals surface area (Å²) in [5.41, 5.74) is 0.207. The molecule has 0 aromatic heterocycles. The number of ether oxygens (including phenoxy) is 2. The van der Waals surface area contributed by atoms with Crippen LogP contribution in [0.3, 0.4) is 0 Å². The molecule has 2 rings (SSSR count). The minimum Gasteiger partial charge on any atom is -0.486 e. The number of alkyl halides is 1. The van der Waals surface area contributed by atoms with Crippen molar-refractivity contribution in [3.05, 3.63) is 23.8 Å². The van der Waals surface area contributed by atoms with Crippen molar-refractivity contribution in [2.24, 2.45) is 0 Å². The van der Waals surface area contributed by atoms with Gasteiger partial charge in [0.1, 0.15) is 25.1 Å². The summed E-state index contributed by atoms with van der Waals surface area (Å²) in [4.78, 5) is 0. The Bertz CT molecular complexity index is 517. The molecule has 0 saturated heterocycles. The molecule has 0 amide bonds. The first-order chi connectivity index (χ1) is 7.96. The lowest BCUT2D eigenvalue weighted by Crippen LogP contribution is -2.15. The molecule has 0 radical (unpaired) electrons. The second-order valence-electron chi connectivity index (χ2n) is 3.58. The number of rotatable bonds is 3. The second kappa shape index (κ2) is 4.70. The van der Waals surface area contributed by atoms with Crippen molar-refractivity contribution in [3.8, 4) is 11.5 Å². The van der Waals surface area contributed by atoms with Crippen LogP contribution in [0.5, 0.6) is 11.5 Å². The maximum Gasteiger partial charge on any atom is 0.235 e. The fourth-order valence-electron chi connectivity index (χ4n) is 1.53. The maximum absolute atomic E-state index is 13.6.